The van der Waals surface area contributed by atoms with Gasteiger partial charge in [-0.1, -0.05) is 12.1 Å². The number of hydrogen-bond acceptors (Lipinski definition) is 5. The predicted molar refractivity (Wildman–Crippen MR) is 107 cm³/mol. The number of nitrogens with zero attached hydrogens (tertiary/aromatic N) is 2. The fourth-order valence-electron chi connectivity index (χ4n) is 3.40. The Morgan fingerprint density at radius 3 is 2.32 bits per heavy atom. The van der Waals surface area contributed by atoms with Crippen LogP contribution >= 0.6 is 0 Å². The second-order valence-electron chi connectivity index (χ2n) is 7.36. The maximum Gasteiger partial charge on any atom is 0.335 e. The molecule has 28 heavy (non-hydrogen) atoms. The number of carbonyl (C=O) groups is 1. The minimum absolute atomic E-state index is 0.250. The molecule has 0 saturated carbocycles. The Balaban J connectivity index is 1.43. The average molecular weight is 379 g/mol. The monoisotopic (exact) mass is 379 g/mol. The van der Waals surface area contributed by atoms with Crippen molar-refractivity contribution < 1.29 is 15.0 Å². The third-order valence-electron chi connectivity index (χ3n) is 5.34. The van der Waals surface area contributed by atoms with Crippen molar-refractivity contribution in [1.29, 1.82) is 5.26 Å². The predicted octanol–water partition coefficient (Wildman–Crippen LogP) is 2.74. The highest BCUT2D eigenvalue weighted by molar-refractivity contribution is 5.87. The van der Waals surface area contributed by atoms with Gasteiger partial charge in [-0.25, -0.2) is 4.79 Å². The van der Waals surface area contributed by atoms with Crippen molar-refractivity contribution in [2.24, 2.45) is 0 Å². The van der Waals surface area contributed by atoms with E-state index in [-0.39, 0.29) is 5.56 Å². The van der Waals surface area contributed by atoms with Crippen molar-refractivity contribution in [2.45, 2.75) is 24.9 Å². The van der Waals surface area contributed by atoms with E-state index in [2.05, 4.69) is 16.3 Å². The van der Waals surface area contributed by atoms with E-state index in [4.69, 9.17) is 10.4 Å². The Bertz CT molecular complexity index is 833. The highest BCUT2D eigenvalue weighted by Crippen LogP contribution is 2.23. The molecule has 3 rings (SSSR count). The fraction of sp³-hybridized carbons (Fsp3) is 0.364. The number of rotatable bonds is 7. The van der Waals surface area contributed by atoms with Gasteiger partial charge in [0.05, 0.1) is 22.8 Å². The first-order valence-corrected chi connectivity index (χ1v) is 9.48. The van der Waals surface area contributed by atoms with Gasteiger partial charge in [0.25, 0.3) is 0 Å². The van der Waals surface area contributed by atoms with Crippen molar-refractivity contribution >= 4 is 11.7 Å². The van der Waals surface area contributed by atoms with Gasteiger partial charge in [-0.3, -0.25) is 0 Å². The van der Waals surface area contributed by atoms with Crippen LogP contribution in [0.25, 0.3) is 0 Å². The van der Waals surface area contributed by atoms with Crippen LogP contribution in [0.3, 0.4) is 0 Å². The van der Waals surface area contributed by atoms with Crippen molar-refractivity contribution in [1.82, 2.24) is 4.90 Å². The standard InChI is InChI=1S/C22H25N3O3/c23-15-18-3-1-17(2-4-18)9-12-25-13-10-22(28,11-14-25)16-24-20-7-5-19(6-8-20)21(26)27/h1-8,24,28H,9-14,16H2,(H,26,27). The van der Waals surface area contributed by atoms with Crippen molar-refractivity contribution in [3.05, 3.63) is 65.2 Å². The van der Waals surface area contributed by atoms with Gasteiger partial charge in [-0.15, -0.1) is 0 Å². The number of likely N-dealkylation sites (tertiary alicyclic amines) is 1. The first kappa shape index (κ1) is 19.9. The summed E-state index contributed by atoms with van der Waals surface area (Å²) in [5, 5.41) is 31.8. The van der Waals surface area contributed by atoms with E-state index in [0.717, 1.165) is 31.7 Å². The molecule has 1 fully saturated rings. The van der Waals surface area contributed by atoms with Crippen LogP contribution in [0.5, 0.6) is 0 Å². The molecule has 1 saturated heterocycles. The number of anilines is 1. The van der Waals surface area contributed by atoms with E-state index < -0.39 is 11.6 Å². The molecule has 146 valence electrons. The summed E-state index contributed by atoms with van der Waals surface area (Å²) in [6.45, 7) is 3.06. The third kappa shape index (κ3) is 5.32. The molecule has 0 amide bonds. The van der Waals surface area contributed by atoms with E-state index in [1.165, 1.54) is 5.56 Å². The minimum Gasteiger partial charge on any atom is -0.478 e. The third-order valence-corrected chi connectivity index (χ3v) is 5.34. The zero-order valence-corrected chi connectivity index (χ0v) is 15.8. The van der Waals surface area contributed by atoms with Crippen LogP contribution in [0.4, 0.5) is 5.69 Å². The molecule has 0 radical (unpaired) electrons. The highest BCUT2D eigenvalue weighted by Gasteiger charge is 2.31. The number of carboxylic acid groups (broad SMARTS) is 1. The lowest BCUT2D eigenvalue weighted by Gasteiger charge is -2.38. The minimum atomic E-state index is -0.946. The first-order valence-electron chi connectivity index (χ1n) is 9.48. The molecule has 2 aromatic rings. The molecule has 0 bridgehead atoms. The molecule has 0 spiro atoms. The fourth-order valence-corrected chi connectivity index (χ4v) is 3.40. The summed E-state index contributed by atoms with van der Waals surface area (Å²) in [6.07, 6.45) is 2.32. The van der Waals surface area contributed by atoms with Crippen LogP contribution in [0.1, 0.15) is 34.3 Å². The first-order chi connectivity index (χ1) is 13.5. The number of aromatic carboxylic acids is 1. The Labute approximate surface area is 165 Å². The number of carboxylic acids is 1. The van der Waals surface area contributed by atoms with Crippen LogP contribution in [0, 0.1) is 11.3 Å². The highest BCUT2D eigenvalue weighted by atomic mass is 16.4. The Kier molecular flexibility index (Phi) is 6.30. The maximum absolute atomic E-state index is 10.9. The molecule has 2 aromatic carbocycles. The molecule has 1 aliphatic rings. The second kappa shape index (κ2) is 8.87. The summed E-state index contributed by atoms with van der Waals surface area (Å²) in [6, 6.07) is 16.4. The second-order valence-corrected chi connectivity index (χ2v) is 7.36. The lowest BCUT2D eigenvalue weighted by atomic mass is 9.91. The molecule has 0 atom stereocenters. The zero-order valence-electron chi connectivity index (χ0n) is 15.8. The molecule has 0 aromatic heterocycles. The Morgan fingerprint density at radius 1 is 1.11 bits per heavy atom. The quantitative estimate of drug-likeness (QED) is 0.684. The molecule has 0 unspecified atom stereocenters. The van der Waals surface area contributed by atoms with Crippen LogP contribution < -0.4 is 5.32 Å². The van der Waals surface area contributed by atoms with Crippen LogP contribution in [0.15, 0.2) is 48.5 Å². The Hall–Kier alpha value is -2.88. The SMILES string of the molecule is N#Cc1ccc(CCN2CCC(O)(CNc3ccc(C(=O)O)cc3)CC2)cc1. The van der Waals surface area contributed by atoms with E-state index in [0.29, 0.717) is 24.9 Å². The van der Waals surface area contributed by atoms with Crippen LogP contribution in [-0.4, -0.2) is 52.9 Å². The number of nitriles is 1. The van der Waals surface area contributed by atoms with Gasteiger partial charge in [0.15, 0.2) is 0 Å². The summed E-state index contributed by atoms with van der Waals surface area (Å²) < 4.78 is 0. The molecule has 1 heterocycles. The Morgan fingerprint density at radius 2 is 1.75 bits per heavy atom. The number of aliphatic hydroxyl groups is 1. The van der Waals surface area contributed by atoms with Crippen LogP contribution in [-0.2, 0) is 6.42 Å². The van der Waals surface area contributed by atoms with Gasteiger partial charge in [0, 0.05) is 31.9 Å². The topological polar surface area (TPSA) is 96.6 Å². The molecule has 3 N–H and O–H groups in total. The van der Waals surface area contributed by atoms with Gasteiger partial charge >= 0.3 is 5.97 Å². The number of hydrogen-bond donors (Lipinski definition) is 3. The van der Waals surface area contributed by atoms with E-state index in [1.54, 1.807) is 24.3 Å². The van der Waals surface area contributed by atoms with E-state index >= 15 is 0 Å². The summed E-state index contributed by atoms with van der Waals surface area (Å²) in [4.78, 5) is 13.2. The normalized spacial score (nSPS) is 16.3. The van der Waals surface area contributed by atoms with Gasteiger partial charge in [0.1, 0.15) is 0 Å². The molecular weight excluding hydrogens is 354 g/mol. The van der Waals surface area contributed by atoms with Crippen molar-refractivity contribution in [2.75, 3.05) is 31.5 Å². The van der Waals surface area contributed by atoms with Crippen molar-refractivity contribution in [3.8, 4) is 6.07 Å². The number of piperidine rings is 1. The van der Waals surface area contributed by atoms with Gasteiger partial charge in [-0.05, 0) is 61.2 Å². The summed E-state index contributed by atoms with van der Waals surface area (Å²) in [7, 11) is 0. The molecular formula is C22H25N3O3. The lowest BCUT2D eigenvalue weighted by molar-refractivity contribution is -0.00971. The molecule has 6 nitrogen and oxygen atoms in total. The number of benzene rings is 2. The smallest absolute Gasteiger partial charge is 0.335 e. The molecule has 0 aliphatic carbocycles. The van der Waals surface area contributed by atoms with Gasteiger partial charge < -0.3 is 20.4 Å². The average Bonchev–Trinajstić information content (AvgIpc) is 2.73. The summed E-state index contributed by atoms with van der Waals surface area (Å²) in [5.41, 5.74) is 2.20. The largest absolute Gasteiger partial charge is 0.478 e. The van der Waals surface area contributed by atoms with E-state index in [9.17, 15) is 9.90 Å². The van der Waals surface area contributed by atoms with Gasteiger partial charge in [-0.2, -0.15) is 5.26 Å². The van der Waals surface area contributed by atoms with Crippen molar-refractivity contribution in [3.63, 3.8) is 0 Å². The summed E-state index contributed by atoms with van der Waals surface area (Å²) in [5.74, 6) is -0.946. The maximum atomic E-state index is 10.9. The van der Waals surface area contributed by atoms with E-state index in [1.807, 2.05) is 24.3 Å². The molecule has 6 heteroatoms. The summed E-state index contributed by atoms with van der Waals surface area (Å²) >= 11 is 0. The zero-order chi connectivity index (χ0) is 20.0. The number of nitrogens with one attached hydrogen (secondary N) is 1. The van der Waals surface area contributed by atoms with Gasteiger partial charge in [0.2, 0.25) is 0 Å². The molecule has 1 aliphatic heterocycles. The lowest BCUT2D eigenvalue weighted by Crippen LogP contribution is -2.48. The van der Waals surface area contributed by atoms with Crippen LogP contribution in [0.2, 0.25) is 0 Å².